The maximum atomic E-state index is 13.2. The summed E-state index contributed by atoms with van der Waals surface area (Å²) >= 11 is 0. The largest absolute Gasteiger partial charge is 0.385 e. The lowest BCUT2D eigenvalue weighted by molar-refractivity contribution is 0.187. The summed E-state index contributed by atoms with van der Waals surface area (Å²) in [4.78, 5) is 9.07. The molecule has 0 aliphatic rings. The van der Waals surface area contributed by atoms with Crippen molar-refractivity contribution >= 4 is 32.1 Å². The van der Waals surface area contributed by atoms with Gasteiger partial charge in [-0.3, -0.25) is 4.57 Å². The van der Waals surface area contributed by atoms with E-state index in [0.717, 1.165) is 3.97 Å². The van der Waals surface area contributed by atoms with Crippen molar-refractivity contribution in [3.8, 4) is 11.8 Å². The van der Waals surface area contributed by atoms with E-state index in [9.17, 15) is 13.5 Å². The molecular formula is C23H17N5O3S. The summed E-state index contributed by atoms with van der Waals surface area (Å²) in [7, 11) is -3.85. The van der Waals surface area contributed by atoms with Crippen molar-refractivity contribution in [2.45, 2.75) is 17.9 Å². The Kier molecular flexibility index (Phi) is 4.55. The van der Waals surface area contributed by atoms with Crippen LogP contribution in [-0.2, 0) is 10.0 Å². The first kappa shape index (κ1) is 19.9. The number of benzene rings is 2. The molecule has 0 fully saturated rings. The number of aliphatic hydroxyl groups is 1. The fourth-order valence-electron chi connectivity index (χ4n) is 3.77. The highest BCUT2D eigenvalue weighted by atomic mass is 32.2. The third kappa shape index (κ3) is 2.97. The number of rotatable bonds is 4. The molecule has 9 heteroatoms. The summed E-state index contributed by atoms with van der Waals surface area (Å²) in [5, 5.41) is 20.1. The van der Waals surface area contributed by atoms with Crippen LogP contribution in [-0.4, -0.2) is 32.0 Å². The molecule has 0 aliphatic carbocycles. The number of nitrogens with zero attached hydrogens (tertiary/aromatic N) is 5. The van der Waals surface area contributed by atoms with E-state index in [-0.39, 0.29) is 10.5 Å². The summed E-state index contributed by atoms with van der Waals surface area (Å²) in [5.74, 6) is 0.387. The molecule has 5 rings (SSSR count). The van der Waals surface area contributed by atoms with Gasteiger partial charge in [-0.05, 0) is 49.4 Å². The molecular weight excluding hydrogens is 426 g/mol. The monoisotopic (exact) mass is 443 g/mol. The molecule has 2 aromatic carbocycles. The normalized spacial score (nSPS) is 12.8. The Morgan fingerprint density at radius 1 is 1.06 bits per heavy atom. The van der Waals surface area contributed by atoms with Crippen LogP contribution in [0.5, 0.6) is 0 Å². The van der Waals surface area contributed by atoms with Gasteiger partial charge in [0.2, 0.25) is 0 Å². The van der Waals surface area contributed by atoms with Crippen LogP contribution < -0.4 is 0 Å². The van der Waals surface area contributed by atoms with Gasteiger partial charge in [0.05, 0.1) is 28.2 Å². The Labute approximate surface area is 183 Å². The third-order valence-corrected chi connectivity index (χ3v) is 6.93. The topological polar surface area (TPSA) is 114 Å². The molecule has 3 heterocycles. The van der Waals surface area contributed by atoms with Crippen molar-refractivity contribution in [1.29, 1.82) is 5.26 Å². The quantitative estimate of drug-likeness (QED) is 0.454. The van der Waals surface area contributed by atoms with Crippen molar-refractivity contribution in [3.63, 3.8) is 0 Å². The lowest BCUT2D eigenvalue weighted by Gasteiger charge is -2.12. The number of imidazole rings is 1. The van der Waals surface area contributed by atoms with E-state index in [4.69, 9.17) is 5.26 Å². The van der Waals surface area contributed by atoms with E-state index in [1.54, 1.807) is 60.0 Å². The highest BCUT2D eigenvalue weighted by molar-refractivity contribution is 7.90. The Morgan fingerprint density at radius 3 is 2.44 bits per heavy atom. The second kappa shape index (κ2) is 7.30. The highest BCUT2D eigenvalue weighted by Gasteiger charge is 2.24. The molecule has 0 unspecified atom stereocenters. The Hall–Kier alpha value is -4.00. The lowest BCUT2D eigenvalue weighted by atomic mass is 10.2. The van der Waals surface area contributed by atoms with Crippen molar-refractivity contribution in [2.75, 3.05) is 0 Å². The number of aliphatic hydroxyl groups excluding tert-OH is 1. The molecule has 0 saturated carbocycles. The van der Waals surface area contributed by atoms with Gasteiger partial charge in [-0.1, -0.05) is 18.2 Å². The van der Waals surface area contributed by atoms with E-state index in [0.29, 0.717) is 33.5 Å². The number of aromatic nitrogens is 4. The van der Waals surface area contributed by atoms with Crippen LogP contribution in [0.15, 0.2) is 78.0 Å². The summed E-state index contributed by atoms with van der Waals surface area (Å²) in [6.45, 7) is 1.61. The first-order valence-corrected chi connectivity index (χ1v) is 11.2. The molecule has 32 heavy (non-hydrogen) atoms. The van der Waals surface area contributed by atoms with Crippen molar-refractivity contribution in [3.05, 3.63) is 84.4 Å². The fraction of sp³-hybridized carbons (Fsp3) is 0.0870. The predicted molar refractivity (Wildman–Crippen MR) is 119 cm³/mol. The van der Waals surface area contributed by atoms with E-state index in [1.807, 2.05) is 0 Å². The Morgan fingerprint density at radius 2 is 1.78 bits per heavy atom. The van der Waals surface area contributed by atoms with Gasteiger partial charge < -0.3 is 5.11 Å². The molecule has 5 aromatic rings. The van der Waals surface area contributed by atoms with Gasteiger partial charge in [0.25, 0.3) is 10.0 Å². The minimum absolute atomic E-state index is 0.157. The van der Waals surface area contributed by atoms with Crippen LogP contribution in [0.3, 0.4) is 0 Å². The average Bonchev–Trinajstić information content (AvgIpc) is 3.42. The molecule has 0 saturated heterocycles. The number of hydrogen-bond donors (Lipinski definition) is 1. The van der Waals surface area contributed by atoms with Gasteiger partial charge in [-0.25, -0.2) is 22.4 Å². The van der Waals surface area contributed by atoms with Crippen LogP contribution in [0.25, 0.3) is 27.8 Å². The number of nitriles is 1. The molecule has 0 bridgehead atoms. The van der Waals surface area contributed by atoms with Crippen LogP contribution in [0.2, 0.25) is 0 Å². The summed E-state index contributed by atoms with van der Waals surface area (Å²) in [5.41, 5.74) is 2.59. The lowest BCUT2D eigenvalue weighted by Crippen LogP contribution is -2.12. The van der Waals surface area contributed by atoms with Crippen LogP contribution in [0, 0.1) is 11.3 Å². The van der Waals surface area contributed by atoms with Crippen LogP contribution >= 0.6 is 0 Å². The van der Waals surface area contributed by atoms with Crippen molar-refractivity contribution in [2.24, 2.45) is 0 Å². The molecule has 0 aliphatic heterocycles. The first-order valence-electron chi connectivity index (χ1n) is 9.79. The Balaban J connectivity index is 1.82. The predicted octanol–water partition coefficient (Wildman–Crippen LogP) is 3.54. The molecule has 3 aromatic heterocycles. The minimum Gasteiger partial charge on any atom is -0.385 e. The van der Waals surface area contributed by atoms with Crippen molar-refractivity contribution < 1.29 is 13.5 Å². The molecule has 0 radical (unpaired) electrons. The standard InChI is InChI=1S/C23H17N5O3S/c1-15(29)22-26-20-14-25-23-19(21(20)28(22)17-9-7-16(13-24)8-10-17)11-12-27(23)32(30,31)18-5-3-2-4-6-18/h2-12,14-15,29H,1H3/t15-/m1/s1. The zero-order chi connectivity index (χ0) is 22.5. The second-order valence-electron chi connectivity index (χ2n) is 7.30. The van der Waals surface area contributed by atoms with Crippen LogP contribution in [0.1, 0.15) is 24.4 Å². The summed E-state index contributed by atoms with van der Waals surface area (Å²) < 4.78 is 29.3. The maximum absolute atomic E-state index is 13.2. The third-order valence-electron chi connectivity index (χ3n) is 5.25. The second-order valence-corrected chi connectivity index (χ2v) is 9.11. The molecule has 0 amide bonds. The molecule has 0 spiro atoms. The zero-order valence-corrected chi connectivity index (χ0v) is 17.7. The highest BCUT2D eigenvalue weighted by Crippen LogP contribution is 2.32. The molecule has 1 atom stereocenters. The van der Waals surface area contributed by atoms with Gasteiger partial charge in [0, 0.05) is 17.3 Å². The van der Waals surface area contributed by atoms with Gasteiger partial charge in [0.1, 0.15) is 17.4 Å². The van der Waals surface area contributed by atoms with Gasteiger partial charge in [0.15, 0.2) is 5.65 Å². The van der Waals surface area contributed by atoms with Crippen molar-refractivity contribution in [1.82, 2.24) is 18.5 Å². The van der Waals surface area contributed by atoms with E-state index >= 15 is 0 Å². The zero-order valence-electron chi connectivity index (χ0n) is 16.9. The average molecular weight is 443 g/mol. The van der Waals surface area contributed by atoms with E-state index < -0.39 is 16.1 Å². The molecule has 1 N–H and O–H groups in total. The first-order chi connectivity index (χ1) is 15.4. The van der Waals surface area contributed by atoms with Gasteiger partial charge in [-0.2, -0.15) is 5.26 Å². The van der Waals surface area contributed by atoms with E-state index in [1.165, 1.54) is 24.5 Å². The minimum atomic E-state index is -3.85. The fourth-order valence-corrected chi connectivity index (χ4v) is 5.09. The summed E-state index contributed by atoms with van der Waals surface area (Å²) in [6, 6.07) is 18.8. The number of fused-ring (bicyclic) bond motifs is 3. The van der Waals surface area contributed by atoms with Gasteiger partial charge in [-0.15, -0.1) is 0 Å². The summed E-state index contributed by atoms with van der Waals surface area (Å²) in [6.07, 6.45) is 2.08. The number of hydrogen-bond acceptors (Lipinski definition) is 6. The van der Waals surface area contributed by atoms with E-state index in [2.05, 4.69) is 16.0 Å². The van der Waals surface area contributed by atoms with Gasteiger partial charge >= 0.3 is 0 Å². The van der Waals surface area contributed by atoms with Crippen LogP contribution in [0.4, 0.5) is 0 Å². The molecule has 158 valence electrons. The molecule has 8 nitrogen and oxygen atoms in total. The Bertz CT molecular complexity index is 1610. The number of pyridine rings is 1. The maximum Gasteiger partial charge on any atom is 0.269 e. The SMILES string of the molecule is C[C@@H](O)c1nc2cnc3c(ccn3S(=O)(=O)c3ccccc3)c2n1-c1ccc(C#N)cc1. The smallest absolute Gasteiger partial charge is 0.269 e.